The SMILES string of the molecule is CCCc1cc(CN[C@H]2CCC[C@@H](Oc3ccc(F)cc3)[C@@H]2O)on1. The van der Waals surface area contributed by atoms with E-state index >= 15 is 0 Å². The fourth-order valence-electron chi connectivity index (χ4n) is 3.22. The van der Waals surface area contributed by atoms with Crippen LogP contribution in [0.5, 0.6) is 5.75 Å². The molecule has 5 nitrogen and oxygen atoms in total. The first-order valence-corrected chi connectivity index (χ1v) is 8.94. The Morgan fingerprint density at radius 3 is 2.88 bits per heavy atom. The van der Waals surface area contributed by atoms with Crippen molar-refractivity contribution in [2.75, 3.05) is 0 Å². The van der Waals surface area contributed by atoms with Crippen molar-refractivity contribution in [3.05, 3.63) is 47.6 Å². The summed E-state index contributed by atoms with van der Waals surface area (Å²) in [4.78, 5) is 0. The van der Waals surface area contributed by atoms with Crippen molar-refractivity contribution in [3.63, 3.8) is 0 Å². The van der Waals surface area contributed by atoms with Crippen molar-refractivity contribution in [1.29, 1.82) is 0 Å². The molecule has 3 atom stereocenters. The molecule has 136 valence electrons. The standard InChI is InChI=1S/C19H25FN2O3/c1-2-4-14-11-16(25-22-14)12-21-17-5-3-6-18(19(17)23)24-15-9-7-13(20)8-10-15/h7-11,17-19,21,23H,2-6,12H2,1H3/t17-,18+,19+/m0/s1. The zero-order chi connectivity index (χ0) is 17.6. The fraction of sp³-hybridized carbons (Fsp3) is 0.526. The van der Waals surface area contributed by atoms with Crippen LogP contribution in [0.25, 0.3) is 0 Å². The monoisotopic (exact) mass is 348 g/mol. The number of hydrogen-bond donors (Lipinski definition) is 2. The summed E-state index contributed by atoms with van der Waals surface area (Å²) in [5, 5.41) is 18.0. The third-order valence-electron chi connectivity index (χ3n) is 4.55. The van der Waals surface area contributed by atoms with Gasteiger partial charge in [0.05, 0.1) is 12.2 Å². The van der Waals surface area contributed by atoms with Gasteiger partial charge in [0.1, 0.15) is 23.8 Å². The summed E-state index contributed by atoms with van der Waals surface area (Å²) in [5.74, 6) is 1.05. The molecule has 1 saturated carbocycles. The van der Waals surface area contributed by atoms with E-state index in [9.17, 15) is 9.50 Å². The number of aromatic nitrogens is 1. The van der Waals surface area contributed by atoms with Gasteiger partial charge in [-0.05, 0) is 49.9 Å². The average Bonchev–Trinajstić information content (AvgIpc) is 3.05. The van der Waals surface area contributed by atoms with Gasteiger partial charge in [-0.1, -0.05) is 18.5 Å². The topological polar surface area (TPSA) is 67.5 Å². The summed E-state index contributed by atoms with van der Waals surface area (Å²) in [6.45, 7) is 2.63. The van der Waals surface area contributed by atoms with E-state index in [1.165, 1.54) is 12.1 Å². The van der Waals surface area contributed by atoms with Gasteiger partial charge in [-0.15, -0.1) is 0 Å². The van der Waals surface area contributed by atoms with Gasteiger partial charge < -0.3 is 19.7 Å². The molecule has 0 spiro atoms. The quantitative estimate of drug-likeness (QED) is 0.804. The molecule has 2 aromatic rings. The maximum absolute atomic E-state index is 13.0. The highest BCUT2D eigenvalue weighted by molar-refractivity contribution is 5.22. The van der Waals surface area contributed by atoms with E-state index in [1.54, 1.807) is 12.1 Å². The summed E-state index contributed by atoms with van der Waals surface area (Å²) < 4.78 is 24.2. The number of ether oxygens (including phenoxy) is 1. The number of benzene rings is 1. The molecule has 1 fully saturated rings. The van der Waals surface area contributed by atoms with Crippen LogP contribution in [0.3, 0.4) is 0 Å². The minimum atomic E-state index is -0.628. The van der Waals surface area contributed by atoms with Crippen LogP contribution < -0.4 is 10.1 Å². The molecule has 2 N–H and O–H groups in total. The Bertz CT molecular complexity index is 659. The normalized spacial score (nSPS) is 23.6. The molecule has 0 radical (unpaired) electrons. The van der Waals surface area contributed by atoms with Gasteiger partial charge in [-0.3, -0.25) is 0 Å². The van der Waals surface area contributed by atoms with Gasteiger partial charge in [0, 0.05) is 12.1 Å². The lowest BCUT2D eigenvalue weighted by Gasteiger charge is -2.35. The van der Waals surface area contributed by atoms with Crippen molar-refractivity contribution >= 4 is 0 Å². The van der Waals surface area contributed by atoms with E-state index in [1.807, 2.05) is 6.07 Å². The number of nitrogens with zero attached hydrogens (tertiary/aromatic N) is 1. The maximum atomic E-state index is 13.0. The van der Waals surface area contributed by atoms with Gasteiger partial charge in [-0.2, -0.15) is 0 Å². The highest BCUT2D eigenvalue weighted by atomic mass is 19.1. The summed E-state index contributed by atoms with van der Waals surface area (Å²) in [7, 11) is 0. The molecule has 25 heavy (non-hydrogen) atoms. The maximum Gasteiger partial charge on any atom is 0.150 e. The first-order chi connectivity index (χ1) is 12.2. The lowest BCUT2D eigenvalue weighted by molar-refractivity contribution is -0.0162. The molecule has 0 amide bonds. The van der Waals surface area contributed by atoms with Crippen LogP contribution in [0.4, 0.5) is 4.39 Å². The first kappa shape index (κ1) is 17.9. The second-order valence-corrected chi connectivity index (χ2v) is 6.55. The first-order valence-electron chi connectivity index (χ1n) is 8.94. The highest BCUT2D eigenvalue weighted by Gasteiger charge is 2.33. The number of halogens is 1. The van der Waals surface area contributed by atoms with Crippen LogP contribution in [-0.2, 0) is 13.0 Å². The van der Waals surface area contributed by atoms with Gasteiger partial charge in [0.2, 0.25) is 0 Å². The minimum Gasteiger partial charge on any atom is -0.488 e. The van der Waals surface area contributed by atoms with Crippen LogP contribution >= 0.6 is 0 Å². The second kappa shape index (κ2) is 8.45. The number of rotatable bonds is 7. The van der Waals surface area contributed by atoms with Crippen molar-refractivity contribution in [2.45, 2.75) is 63.8 Å². The summed E-state index contributed by atoms with van der Waals surface area (Å²) in [6, 6.07) is 7.78. The van der Waals surface area contributed by atoms with E-state index in [-0.39, 0.29) is 18.0 Å². The fourth-order valence-corrected chi connectivity index (χ4v) is 3.22. The zero-order valence-electron chi connectivity index (χ0n) is 14.5. The molecule has 0 saturated heterocycles. The number of aliphatic hydroxyl groups excluding tert-OH is 1. The second-order valence-electron chi connectivity index (χ2n) is 6.55. The van der Waals surface area contributed by atoms with Gasteiger partial charge >= 0.3 is 0 Å². The Labute approximate surface area is 147 Å². The highest BCUT2D eigenvalue weighted by Crippen LogP contribution is 2.25. The number of hydrogen-bond acceptors (Lipinski definition) is 5. The molecule has 1 heterocycles. The third-order valence-corrected chi connectivity index (χ3v) is 4.55. The average molecular weight is 348 g/mol. The van der Waals surface area contributed by atoms with Crippen molar-refractivity contribution < 1.29 is 18.8 Å². The molecule has 1 aliphatic carbocycles. The van der Waals surface area contributed by atoms with Gasteiger partial charge in [-0.25, -0.2) is 4.39 Å². The third kappa shape index (κ3) is 4.80. The molecular weight excluding hydrogens is 323 g/mol. The summed E-state index contributed by atoms with van der Waals surface area (Å²) in [6.07, 6.45) is 3.61. The van der Waals surface area contributed by atoms with Crippen LogP contribution in [0.2, 0.25) is 0 Å². The lowest BCUT2D eigenvalue weighted by atomic mass is 9.89. The number of aliphatic hydroxyl groups is 1. The number of aryl methyl sites for hydroxylation is 1. The molecule has 1 aliphatic rings. The van der Waals surface area contributed by atoms with E-state index in [2.05, 4.69) is 17.4 Å². The van der Waals surface area contributed by atoms with Crippen molar-refractivity contribution in [1.82, 2.24) is 10.5 Å². The smallest absolute Gasteiger partial charge is 0.150 e. The van der Waals surface area contributed by atoms with Crippen LogP contribution in [0, 0.1) is 5.82 Å². The van der Waals surface area contributed by atoms with Crippen LogP contribution in [-0.4, -0.2) is 28.5 Å². The lowest BCUT2D eigenvalue weighted by Crippen LogP contribution is -2.50. The van der Waals surface area contributed by atoms with Crippen molar-refractivity contribution in [2.24, 2.45) is 0 Å². The minimum absolute atomic E-state index is 0.0704. The summed E-state index contributed by atoms with van der Waals surface area (Å²) in [5.41, 5.74) is 0.959. The molecule has 3 rings (SSSR count). The Kier molecular flexibility index (Phi) is 6.04. The number of nitrogens with one attached hydrogen (secondary N) is 1. The summed E-state index contributed by atoms with van der Waals surface area (Å²) >= 11 is 0. The molecule has 1 aromatic heterocycles. The van der Waals surface area contributed by atoms with Crippen LogP contribution in [0.1, 0.15) is 44.1 Å². The zero-order valence-corrected chi connectivity index (χ0v) is 14.5. The Morgan fingerprint density at radius 1 is 1.32 bits per heavy atom. The molecule has 0 unspecified atom stereocenters. The van der Waals surface area contributed by atoms with Crippen LogP contribution in [0.15, 0.2) is 34.9 Å². The van der Waals surface area contributed by atoms with E-state index in [0.717, 1.165) is 43.6 Å². The predicted octanol–water partition coefficient (Wildman–Crippen LogP) is 3.22. The largest absolute Gasteiger partial charge is 0.488 e. The van der Waals surface area contributed by atoms with Crippen molar-refractivity contribution in [3.8, 4) is 5.75 Å². The molecule has 1 aromatic carbocycles. The molecule has 0 bridgehead atoms. The van der Waals surface area contributed by atoms with E-state index in [4.69, 9.17) is 9.26 Å². The Hall–Kier alpha value is -1.92. The van der Waals surface area contributed by atoms with Gasteiger partial charge in [0.15, 0.2) is 5.76 Å². The molecular formula is C19H25FN2O3. The Balaban J connectivity index is 1.53. The molecule has 0 aliphatic heterocycles. The Morgan fingerprint density at radius 2 is 2.12 bits per heavy atom. The van der Waals surface area contributed by atoms with Gasteiger partial charge in [0.25, 0.3) is 0 Å². The molecule has 6 heteroatoms. The predicted molar refractivity (Wildman–Crippen MR) is 91.8 cm³/mol. The van der Waals surface area contributed by atoms with E-state index in [0.29, 0.717) is 12.3 Å². The van der Waals surface area contributed by atoms with E-state index < -0.39 is 6.10 Å².